The largest absolute Gasteiger partial charge is 0.325 e. The second kappa shape index (κ2) is 3.65. The number of halogens is 2. The standard InChI is InChI=1S/C12H7Br2N3/c13-9-3-5-1-7-8(12(16)17-11(7)15)2-6(5)4-10(9)14/h1-4H,(H3,15,16,17). The Hall–Kier alpha value is -1.20. The van der Waals surface area contributed by atoms with Gasteiger partial charge in [0.2, 0.25) is 0 Å². The van der Waals surface area contributed by atoms with Crippen molar-refractivity contribution in [2.75, 3.05) is 0 Å². The Morgan fingerprint density at radius 3 is 1.59 bits per heavy atom. The molecule has 0 radical (unpaired) electrons. The molecule has 0 saturated carbocycles. The molecule has 2 aromatic carbocycles. The molecule has 1 aliphatic heterocycles. The van der Waals surface area contributed by atoms with Crippen molar-refractivity contribution in [3.05, 3.63) is 44.3 Å². The third-order valence-corrected chi connectivity index (χ3v) is 4.65. The van der Waals surface area contributed by atoms with Crippen molar-refractivity contribution in [3.8, 4) is 0 Å². The lowest BCUT2D eigenvalue weighted by Crippen LogP contribution is -2.19. The molecule has 0 saturated heterocycles. The van der Waals surface area contributed by atoms with Crippen molar-refractivity contribution < 1.29 is 0 Å². The lowest BCUT2D eigenvalue weighted by molar-refractivity contribution is 1.29. The van der Waals surface area contributed by atoms with Crippen molar-refractivity contribution >= 4 is 54.3 Å². The molecule has 0 bridgehead atoms. The highest BCUT2D eigenvalue weighted by molar-refractivity contribution is 9.13. The van der Waals surface area contributed by atoms with E-state index < -0.39 is 0 Å². The van der Waals surface area contributed by atoms with E-state index in [0.717, 1.165) is 30.8 Å². The van der Waals surface area contributed by atoms with Gasteiger partial charge in [-0.1, -0.05) is 0 Å². The normalized spacial score (nSPS) is 14.0. The van der Waals surface area contributed by atoms with Crippen LogP contribution in [0, 0.1) is 10.8 Å². The first-order valence-electron chi connectivity index (χ1n) is 4.94. The number of amidine groups is 2. The fraction of sp³-hybridized carbons (Fsp3) is 0. The monoisotopic (exact) mass is 351 g/mol. The Bertz CT molecular complexity index is 633. The first kappa shape index (κ1) is 10.9. The summed E-state index contributed by atoms with van der Waals surface area (Å²) in [5.74, 6) is 0.594. The smallest absolute Gasteiger partial charge is 0.131 e. The summed E-state index contributed by atoms with van der Waals surface area (Å²) >= 11 is 6.93. The molecule has 0 spiro atoms. The highest BCUT2D eigenvalue weighted by atomic mass is 79.9. The summed E-state index contributed by atoms with van der Waals surface area (Å²) in [6, 6.07) is 7.90. The molecule has 0 aliphatic carbocycles. The van der Waals surface area contributed by atoms with Crippen LogP contribution in [0.2, 0.25) is 0 Å². The Balaban J connectivity index is 2.39. The number of rotatable bonds is 0. The predicted octanol–water partition coefficient (Wildman–Crippen LogP) is 3.62. The minimum atomic E-state index is 0.297. The zero-order chi connectivity index (χ0) is 12.2. The first-order chi connectivity index (χ1) is 8.06. The molecule has 17 heavy (non-hydrogen) atoms. The van der Waals surface area contributed by atoms with Gasteiger partial charge in [-0.15, -0.1) is 0 Å². The van der Waals surface area contributed by atoms with Gasteiger partial charge in [-0.2, -0.15) is 0 Å². The topological polar surface area (TPSA) is 59.7 Å². The van der Waals surface area contributed by atoms with E-state index in [9.17, 15) is 0 Å². The summed E-state index contributed by atoms with van der Waals surface area (Å²) in [7, 11) is 0. The summed E-state index contributed by atoms with van der Waals surface area (Å²) in [6.07, 6.45) is 0. The van der Waals surface area contributed by atoms with Crippen LogP contribution >= 0.6 is 31.9 Å². The second-order valence-electron chi connectivity index (χ2n) is 3.89. The number of nitrogens with one attached hydrogen (secondary N) is 3. The highest BCUT2D eigenvalue weighted by Crippen LogP contribution is 2.31. The predicted molar refractivity (Wildman–Crippen MR) is 76.1 cm³/mol. The van der Waals surface area contributed by atoms with E-state index in [2.05, 4.69) is 37.2 Å². The van der Waals surface area contributed by atoms with Gasteiger partial charge < -0.3 is 5.32 Å². The van der Waals surface area contributed by atoms with E-state index in [1.807, 2.05) is 24.3 Å². The van der Waals surface area contributed by atoms with Crippen LogP contribution in [0.1, 0.15) is 11.1 Å². The molecule has 0 unspecified atom stereocenters. The molecule has 3 N–H and O–H groups in total. The van der Waals surface area contributed by atoms with Gasteiger partial charge in [0.1, 0.15) is 11.7 Å². The van der Waals surface area contributed by atoms with E-state index in [1.165, 1.54) is 0 Å². The fourth-order valence-electron chi connectivity index (χ4n) is 1.97. The Kier molecular flexibility index (Phi) is 2.34. The maximum atomic E-state index is 7.76. The van der Waals surface area contributed by atoms with Gasteiger partial charge in [-0.3, -0.25) is 10.8 Å². The van der Waals surface area contributed by atoms with E-state index in [0.29, 0.717) is 11.7 Å². The van der Waals surface area contributed by atoms with Crippen LogP contribution < -0.4 is 5.32 Å². The molecule has 3 nitrogen and oxygen atoms in total. The third-order valence-electron chi connectivity index (χ3n) is 2.80. The maximum Gasteiger partial charge on any atom is 0.131 e. The molecule has 5 heteroatoms. The zero-order valence-corrected chi connectivity index (χ0v) is 11.7. The van der Waals surface area contributed by atoms with Gasteiger partial charge in [0.15, 0.2) is 0 Å². The summed E-state index contributed by atoms with van der Waals surface area (Å²) in [5.41, 5.74) is 1.58. The zero-order valence-electron chi connectivity index (χ0n) is 8.57. The van der Waals surface area contributed by atoms with Crippen LogP contribution in [0.4, 0.5) is 0 Å². The highest BCUT2D eigenvalue weighted by Gasteiger charge is 2.21. The van der Waals surface area contributed by atoms with Crippen LogP contribution in [0.5, 0.6) is 0 Å². The molecule has 1 aliphatic rings. The average molecular weight is 353 g/mol. The van der Waals surface area contributed by atoms with Crippen LogP contribution in [-0.2, 0) is 0 Å². The van der Waals surface area contributed by atoms with E-state index in [-0.39, 0.29) is 0 Å². The molecule has 0 atom stereocenters. The van der Waals surface area contributed by atoms with Crippen molar-refractivity contribution in [1.29, 1.82) is 10.8 Å². The molecule has 1 heterocycles. The fourth-order valence-corrected chi connectivity index (χ4v) is 2.69. The number of fused-ring (bicyclic) bond motifs is 2. The minimum absolute atomic E-state index is 0.297. The Labute approximate surface area is 114 Å². The van der Waals surface area contributed by atoms with Gasteiger partial charge in [-0.25, -0.2) is 0 Å². The van der Waals surface area contributed by atoms with Crippen LogP contribution in [0.15, 0.2) is 33.2 Å². The summed E-state index contributed by atoms with van der Waals surface area (Å²) in [6.45, 7) is 0. The molecule has 0 amide bonds. The average Bonchev–Trinajstić information content (AvgIpc) is 2.54. The molecule has 2 aromatic rings. The molecule has 0 aromatic heterocycles. The first-order valence-corrected chi connectivity index (χ1v) is 6.52. The van der Waals surface area contributed by atoms with Gasteiger partial charge in [0, 0.05) is 20.1 Å². The summed E-state index contributed by atoms with van der Waals surface area (Å²) in [5, 5.41) is 20.4. The van der Waals surface area contributed by atoms with Crippen LogP contribution in [0.3, 0.4) is 0 Å². The Morgan fingerprint density at radius 2 is 1.18 bits per heavy atom. The molecule has 3 rings (SSSR count). The lowest BCUT2D eigenvalue weighted by Gasteiger charge is -2.04. The van der Waals surface area contributed by atoms with Crippen molar-refractivity contribution in [2.24, 2.45) is 0 Å². The molecular weight excluding hydrogens is 346 g/mol. The van der Waals surface area contributed by atoms with Crippen molar-refractivity contribution in [3.63, 3.8) is 0 Å². The van der Waals surface area contributed by atoms with Crippen molar-refractivity contribution in [2.45, 2.75) is 0 Å². The maximum absolute atomic E-state index is 7.76. The second-order valence-corrected chi connectivity index (χ2v) is 5.59. The van der Waals surface area contributed by atoms with Crippen LogP contribution in [-0.4, -0.2) is 11.7 Å². The van der Waals surface area contributed by atoms with E-state index >= 15 is 0 Å². The van der Waals surface area contributed by atoms with E-state index in [4.69, 9.17) is 10.8 Å². The van der Waals surface area contributed by atoms with Gasteiger partial charge in [0.25, 0.3) is 0 Å². The quantitative estimate of drug-likeness (QED) is 0.666. The number of benzene rings is 2. The SMILES string of the molecule is N=C1NC(=N)c2cc3cc(Br)c(Br)cc3cc21. The van der Waals surface area contributed by atoms with Crippen LogP contribution in [0.25, 0.3) is 10.8 Å². The molecular formula is C12H7Br2N3. The lowest BCUT2D eigenvalue weighted by atomic mass is 10.0. The Morgan fingerprint density at radius 1 is 0.765 bits per heavy atom. The number of hydrogen-bond acceptors (Lipinski definition) is 2. The third kappa shape index (κ3) is 1.61. The minimum Gasteiger partial charge on any atom is -0.325 e. The van der Waals surface area contributed by atoms with Gasteiger partial charge in [-0.05, 0) is 66.9 Å². The molecule has 84 valence electrons. The van der Waals surface area contributed by atoms with E-state index in [1.54, 1.807) is 0 Å². The van der Waals surface area contributed by atoms with Gasteiger partial charge >= 0.3 is 0 Å². The number of hydrogen-bond donors (Lipinski definition) is 3. The van der Waals surface area contributed by atoms with Crippen molar-refractivity contribution in [1.82, 2.24) is 5.32 Å². The summed E-state index contributed by atoms with van der Waals surface area (Å²) < 4.78 is 1.97. The summed E-state index contributed by atoms with van der Waals surface area (Å²) in [4.78, 5) is 0. The molecule has 0 fully saturated rings. The van der Waals surface area contributed by atoms with Gasteiger partial charge in [0.05, 0.1) is 0 Å².